The second-order valence-electron chi connectivity index (χ2n) is 4.78. The highest BCUT2D eigenvalue weighted by atomic mass is 19.1. The van der Waals surface area contributed by atoms with E-state index in [9.17, 15) is 4.39 Å². The van der Waals surface area contributed by atoms with Crippen LogP contribution >= 0.6 is 0 Å². The van der Waals surface area contributed by atoms with Crippen LogP contribution in [0.5, 0.6) is 0 Å². The standard InChI is InChI=1S/C13H16FN/c14-13-6-3-10(9-1-2-9)7-11(13)8-15-12-4-5-12/h3,6-7,9,12,15H,1-2,4-5,8H2. The zero-order valence-corrected chi connectivity index (χ0v) is 8.80. The molecule has 2 saturated carbocycles. The Balaban J connectivity index is 1.74. The number of benzene rings is 1. The molecular formula is C13H16FN. The molecule has 0 bridgehead atoms. The molecule has 3 rings (SSSR count). The summed E-state index contributed by atoms with van der Waals surface area (Å²) in [5.41, 5.74) is 2.16. The van der Waals surface area contributed by atoms with E-state index in [-0.39, 0.29) is 5.82 Å². The largest absolute Gasteiger partial charge is 0.310 e. The number of nitrogens with one attached hydrogen (secondary N) is 1. The average Bonchev–Trinajstić information content (AvgIpc) is 3.10. The predicted octanol–water partition coefficient (Wildman–Crippen LogP) is 2.96. The van der Waals surface area contributed by atoms with Crippen LogP contribution in [-0.4, -0.2) is 6.04 Å². The van der Waals surface area contributed by atoms with Gasteiger partial charge in [-0.15, -0.1) is 0 Å². The maximum Gasteiger partial charge on any atom is 0.127 e. The van der Waals surface area contributed by atoms with Crippen LogP contribution in [0, 0.1) is 5.82 Å². The van der Waals surface area contributed by atoms with E-state index in [1.807, 2.05) is 12.1 Å². The summed E-state index contributed by atoms with van der Waals surface area (Å²) in [5.74, 6) is 0.651. The number of hydrogen-bond acceptors (Lipinski definition) is 1. The Kier molecular flexibility index (Phi) is 2.24. The Morgan fingerprint density at radius 1 is 1.20 bits per heavy atom. The SMILES string of the molecule is Fc1ccc(C2CC2)cc1CNC1CC1. The first kappa shape index (κ1) is 9.34. The van der Waals surface area contributed by atoms with Gasteiger partial charge in [0, 0.05) is 18.2 Å². The van der Waals surface area contributed by atoms with Crippen LogP contribution in [0.3, 0.4) is 0 Å². The second kappa shape index (κ2) is 3.60. The quantitative estimate of drug-likeness (QED) is 0.796. The third-order valence-electron chi connectivity index (χ3n) is 3.28. The summed E-state index contributed by atoms with van der Waals surface area (Å²) in [6.07, 6.45) is 5.07. The van der Waals surface area contributed by atoms with Crippen molar-refractivity contribution in [1.82, 2.24) is 5.32 Å². The van der Waals surface area contributed by atoms with Crippen molar-refractivity contribution in [3.63, 3.8) is 0 Å². The summed E-state index contributed by atoms with van der Waals surface area (Å²) < 4.78 is 13.5. The number of halogens is 1. The fourth-order valence-electron chi connectivity index (χ4n) is 1.94. The van der Waals surface area contributed by atoms with Gasteiger partial charge in [-0.1, -0.05) is 12.1 Å². The van der Waals surface area contributed by atoms with Crippen molar-refractivity contribution < 1.29 is 4.39 Å². The zero-order chi connectivity index (χ0) is 10.3. The molecule has 2 aliphatic carbocycles. The molecule has 1 aromatic rings. The molecule has 0 aliphatic heterocycles. The highest BCUT2D eigenvalue weighted by Gasteiger charge is 2.25. The van der Waals surface area contributed by atoms with Gasteiger partial charge < -0.3 is 5.32 Å². The lowest BCUT2D eigenvalue weighted by atomic mass is 10.1. The third kappa shape index (κ3) is 2.20. The average molecular weight is 205 g/mol. The van der Waals surface area contributed by atoms with Crippen molar-refractivity contribution in [3.05, 3.63) is 35.1 Å². The molecular weight excluding hydrogens is 189 g/mol. The Hall–Kier alpha value is -0.890. The Morgan fingerprint density at radius 2 is 2.00 bits per heavy atom. The van der Waals surface area contributed by atoms with Crippen LogP contribution in [-0.2, 0) is 6.54 Å². The first-order valence-corrected chi connectivity index (χ1v) is 5.84. The first-order valence-electron chi connectivity index (χ1n) is 5.84. The highest BCUT2D eigenvalue weighted by Crippen LogP contribution is 2.40. The molecule has 0 saturated heterocycles. The van der Waals surface area contributed by atoms with E-state index in [2.05, 4.69) is 5.32 Å². The molecule has 15 heavy (non-hydrogen) atoms. The van der Waals surface area contributed by atoms with E-state index in [0.717, 1.165) is 5.56 Å². The molecule has 0 amide bonds. The van der Waals surface area contributed by atoms with Crippen LogP contribution in [0.2, 0.25) is 0 Å². The predicted molar refractivity (Wildman–Crippen MR) is 58.2 cm³/mol. The van der Waals surface area contributed by atoms with Crippen LogP contribution in [0.4, 0.5) is 4.39 Å². The lowest BCUT2D eigenvalue weighted by molar-refractivity contribution is 0.586. The van der Waals surface area contributed by atoms with E-state index in [4.69, 9.17) is 0 Å². The molecule has 0 unspecified atom stereocenters. The first-order chi connectivity index (χ1) is 7.33. The topological polar surface area (TPSA) is 12.0 Å². The summed E-state index contributed by atoms with van der Waals surface area (Å²) >= 11 is 0. The minimum Gasteiger partial charge on any atom is -0.310 e. The van der Waals surface area contributed by atoms with Crippen LogP contribution in [0.1, 0.15) is 42.7 Å². The van der Waals surface area contributed by atoms with E-state index in [1.165, 1.54) is 31.2 Å². The molecule has 2 heteroatoms. The minimum absolute atomic E-state index is 0.0625. The number of hydrogen-bond donors (Lipinski definition) is 1. The van der Waals surface area contributed by atoms with Crippen molar-refractivity contribution in [2.75, 3.05) is 0 Å². The molecule has 1 nitrogen and oxygen atoms in total. The van der Waals surface area contributed by atoms with Gasteiger partial charge in [-0.05, 0) is 43.2 Å². The summed E-state index contributed by atoms with van der Waals surface area (Å²) in [7, 11) is 0. The lowest BCUT2D eigenvalue weighted by Gasteiger charge is -2.07. The highest BCUT2D eigenvalue weighted by molar-refractivity contribution is 5.30. The molecule has 0 spiro atoms. The molecule has 0 heterocycles. The van der Waals surface area contributed by atoms with Crippen molar-refractivity contribution >= 4 is 0 Å². The van der Waals surface area contributed by atoms with Crippen molar-refractivity contribution in [2.24, 2.45) is 0 Å². The molecule has 0 aromatic heterocycles. The Morgan fingerprint density at radius 3 is 2.67 bits per heavy atom. The summed E-state index contributed by atoms with van der Waals surface area (Å²) in [6, 6.07) is 6.25. The van der Waals surface area contributed by atoms with Gasteiger partial charge in [0.25, 0.3) is 0 Å². The van der Waals surface area contributed by atoms with Gasteiger partial charge in [0.2, 0.25) is 0 Å². The summed E-state index contributed by atoms with van der Waals surface area (Å²) in [6.45, 7) is 0.692. The maximum atomic E-state index is 13.5. The van der Waals surface area contributed by atoms with E-state index < -0.39 is 0 Å². The smallest absolute Gasteiger partial charge is 0.127 e. The van der Waals surface area contributed by atoms with Crippen molar-refractivity contribution in [2.45, 2.75) is 44.2 Å². The van der Waals surface area contributed by atoms with E-state index in [1.54, 1.807) is 6.07 Å². The van der Waals surface area contributed by atoms with E-state index in [0.29, 0.717) is 18.5 Å². The van der Waals surface area contributed by atoms with Gasteiger partial charge in [-0.3, -0.25) is 0 Å². The van der Waals surface area contributed by atoms with Gasteiger partial charge in [0.15, 0.2) is 0 Å². The van der Waals surface area contributed by atoms with Crippen LogP contribution in [0.25, 0.3) is 0 Å². The van der Waals surface area contributed by atoms with Crippen LogP contribution in [0.15, 0.2) is 18.2 Å². The van der Waals surface area contributed by atoms with Gasteiger partial charge >= 0.3 is 0 Å². The Labute approximate surface area is 89.7 Å². The summed E-state index contributed by atoms with van der Waals surface area (Å²) in [5, 5.41) is 3.36. The lowest BCUT2D eigenvalue weighted by Crippen LogP contribution is -2.16. The normalized spacial score (nSPS) is 20.6. The van der Waals surface area contributed by atoms with Gasteiger partial charge in [-0.2, -0.15) is 0 Å². The van der Waals surface area contributed by atoms with Crippen molar-refractivity contribution in [3.8, 4) is 0 Å². The Bertz CT molecular complexity index is 367. The molecule has 0 radical (unpaired) electrons. The second-order valence-corrected chi connectivity index (χ2v) is 4.78. The van der Waals surface area contributed by atoms with Gasteiger partial charge in [0.05, 0.1) is 0 Å². The molecule has 0 atom stereocenters. The molecule has 1 N–H and O–H groups in total. The zero-order valence-electron chi connectivity index (χ0n) is 8.80. The van der Waals surface area contributed by atoms with Gasteiger partial charge in [-0.25, -0.2) is 4.39 Å². The summed E-state index contributed by atoms with van der Waals surface area (Å²) in [4.78, 5) is 0. The minimum atomic E-state index is -0.0625. The number of rotatable bonds is 4. The third-order valence-corrected chi connectivity index (χ3v) is 3.28. The molecule has 1 aromatic carbocycles. The molecule has 80 valence electrons. The molecule has 2 aliphatic rings. The van der Waals surface area contributed by atoms with Crippen molar-refractivity contribution in [1.29, 1.82) is 0 Å². The van der Waals surface area contributed by atoms with Gasteiger partial charge in [0.1, 0.15) is 5.82 Å². The fraction of sp³-hybridized carbons (Fsp3) is 0.538. The monoisotopic (exact) mass is 205 g/mol. The maximum absolute atomic E-state index is 13.5. The van der Waals surface area contributed by atoms with Crippen LogP contribution < -0.4 is 5.32 Å². The molecule has 2 fully saturated rings. The van der Waals surface area contributed by atoms with E-state index >= 15 is 0 Å². The fourth-order valence-corrected chi connectivity index (χ4v) is 1.94.